The highest BCUT2D eigenvalue weighted by Crippen LogP contribution is 2.33. The molecule has 0 spiro atoms. The first kappa shape index (κ1) is 19.6. The summed E-state index contributed by atoms with van der Waals surface area (Å²) in [6.07, 6.45) is 1.56. The third-order valence-corrected chi connectivity index (χ3v) is 4.36. The van der Waals surface area contributed by atoms with Gasteiger partial charge < -0.3 is 4.74 Å². The number of hydrazone groups is 1. The van der Waals surface area contributed by atoms with Crippen molar-refractivity contribution in [1.82, 2.24) is 5.43 Å². The van der Waals surface area contributed by atoms with Gasteiger partial charge in [-0.2, -0.15) is 5.10 Å². The summed E-state index contributed by atoms with van der Waals surface area (Å²) in [6, 6.07) is 10.9. The summed E-state index contributed by atoms with van der Waals surface area (Å²) in [5.74, 6) is 0.327. The molecule has 0 aliphatic carbocycles. The molecule has 25 heavy (non-hydrogen) atoms. The van der Waals surface area contributed by atoms with Crippen molar-refractivity contribution < 1.29 is 9.53 Å². The molecule has 4 nitrogen and oxygen atoms in total. The first-order chi connectivity index (χ1) is 11.9. The van der Waals surface area contributed by atoms with E-state index in [2.05, 4.69) is 24.4 Å². The van der Waals surface area contributed by atoms with Crippen LogP contribution in [0.3, 0.4) is 0 Å². The number of rotatable bonds is 6. The second kappa shape index (κ2) is 9.09. The Kier molecular flexibility index (Phi) is 7.12. The zero-order valence-electron chi connectivity index (χ0n) is 13.7. The molecule has 132 valence electrons. The molecule has 0 fully saturated rings. The molecule has 0 heterocycles. The predicted molar refractivity (Wildman–Crippen MR) is 103 cm³/mol. The van der Waals surface area contributed by atoms with Crippen molar-refractivity contribution in [3.8, 4) is 5.75 Å². The Bertz CT molecular complexity index is 775. The van der Waals surface area contributed by atoms with Crippen LogP contribution in [0, 0.1) is 0 Å². The monoisotopic (exact) mass is 398 g/mol. The molecular weight excluding hydrogens is 383 g/mol. The van der Waals surface area contributed by atoms with Crippen LogP contribution in [0.15, 0.2) is 41.5 Å². The van der Waals surface area contributed by atoms with Gasteiger partial charge in [-0.3, -0.25) is 4.79 Å². The van der Waals surface area contributed by atoms with Crippen molar-refractivity contribution >= 4 is 46.9 Å². The molecule has 7 heteroatoms. The first-order valence-corrected chi connectivity index (χ1v) is 8.69. The zero-order chi connectivity index (χ0) is 18.4. The van der Waals surface area contributed by atoms with Crippen LogP contribution in [0.25, 0.3) is 0 Å². The van der Waals surface area contributed by atoms with Crippen LogP contribution in [-0.4, -0.2) is 18.7 Å². The van der Waals surface area contributed by atoms with Gasteiger partial charge in [0.15, 0.2) is 6.61 Å². The van der Waals surface area contributed by atoms with E-state index in [1.807, 2.05) is 24.3 Å². The molecule has 0 saturated carbocycles. The average molecular weight is 400 g/mol. The molecular formula is C18H17Cl3N2O2. The van der Waals surface area contributed by atoms with Gasteiger partial charge in [-0.15, -0.1) is 0 Å². The Morgan fingerprint density at radius 1 is 1.12 bits per heavy atom. The van der Waals surface area contributed by atoms with Crippen molar-refractivity contribution in [2.24, 2.45) is 5.10 Å². The standard InChI is InChI=1S/C18H17Cl3N2O2/c1-11(2)13-5-3-12(4-6-13)9-22-23-18(24)10-25-17-8-15(20)14(19)7-16(17)21/h3-9,11H,10H2,1-2H3,(H,23,24)/b22-9-. The lowest BCUT2D eigenvalue weighted by Crippen LogP contribution is -2.24. The maximum Gasteiger partial charge on any atom is 0.277 e. The van der Waals surface area contributed by atoms with Gasteiger partial charge in [0.25, 0.3) is 5.91 Å². The van der Waals surface area contributed by atoms with E-state index < -0.39 is 5.91 Å². The number of nitrogens with one attached hydrogen (secondary N) is 1. The van der Waals surface area contributed by atoms with Gasteiger partial charge >= 0.3 is 0 Å². The van der Waals surface area contributed by atoms with E-state index in [4.69, 9.17) is 39.5 Å². The molecule has 2 rings (SSSR count). The van der Waals surface area contributed by atoms with E-state index >= 15 is 0 Å². The zero-order valence-corrected chi connectivity index (χ0v) is 16.0. The molecule has 0 bridgehead atoms. The molecule has 0 aliphatic rings. The highest BCUT2D eigenvalue weighted by Gasteiger charge is 2.09. The number of hydrogen-bond acceptors (Lipinski definition) is 3. The van der Waals surface area contributed by atoms with Crippen molar-refractivity contribution in [2.45, 2.75) is 19.8 Å². The van der Waals surface area contributed by atoms with Crippen LogP contribution in [0.4, 0.5) is 0 Å². The fourth-order valence-corrected chi connectivity index (χ4v) is 2.53. The topological polar surface area (TPSA) is 50.7 Å². The van der Waals surface area contributed by atoms with E-state index in [1.54, 1.807) is 6.21 Å². The maximum absolute atomic E-state index is 11.8. The summed E-state index contributed by atoms with van der Waals surface area (Å²) in [5, 5.41) is 4.78. The lowest BCUT2D eigenvalue weighted by atomic mass is 10.0. The van der Waals surface area contributed by atoms with Gasteiger partial charge in [0, 0.05) is 6.07 Å². The smallest absolute Gasteiger partial charge is 0.277 e. The van der Waals surface area contributed by atoms with Crippen molar-refractivity contribution in [1.29, 1.82) is 0 Å². The predicted octanol–water partition coefficient (Wildman–Crippen LogP) is 5.30. The second-order valence-electron chi connectivity index (χ2n) is 5.60. The SMILES string of the molecule is CC(C)c1ccc(/C=N\NC(=O)COc2cc(Cl)c(Cl)cc2Cl)cc1. The largest absolute Gasteiger partial charge is 0.482 e. The number of carbonyl (C=O) groups is 1. The number of halogens is 3. The Labute approximate surface area is 161 Å². The minimum atomic E-state index is -0.419. The number of benzene rings is 2. The van der Waals surface area contributed by atoms with Gasteiger partial charge in [0.2, 0.25) is 0 Å². The Morgan fingerprint density at radius 2 is 1.76 bits per heavy atom. The molecule has 0 atom stereocenters. The lowest BCUT2D eigenvalue weighted by Gasteiger charge is -2.08. The normalized spacial score (nSPS) is 11.1. The molecule has 1 N–H and O–H groups in total. The number of amides is 1. The van der Waals surface area contributed by atoms with E-state index in [1.165, 1.54) is 17.7 Å². The third kappa shape index (κ3) is 5.92. The van der Waals surface area contributed by atoms with Crippen LogP contribution in [0.2, 0.25) is 15.1 Å². The van der Waals surface area contributed by atoms with Gasteiger partial charge in [-0.25, -0.2) is 5.43 Å². The summed E-state index contributed by atoms with van der Waals surface area (Å²) in [6.45, 7) is 4.01. The minimum Gasteiger partial charge on any atom is -0.482 e. The first-order valence-electron chi connectivity index (χ1n) is 7.56. The minimum absolute atomic E-state index is 0.249. The number of carbonyl (C=O) groups excluding carboxylic acids is 1. The Balaban J connectivity index is 1.85. The molecule has 1 amide bonds. The van der Waals surface area contributed by atoms with Gasteiger partial charge in [0.05, 0.1) is 21.3 Å². The van der Waals surface area contributed by atoms with E-state index in [9.17, 15) is 4.79 Å². The van der Waals surface area contributed by atoms with Crippen LogP contribution in [0.1, 0.15) is 30.9 Å². The van der Waals surface area contributed by atoms with Crippen LogP contribution in [0.5, 0.6) is 5.75 Å². The van der Waals surface area contributed by atoms with Gasteiger partial charge in [-0.05, 0) is 23.1 Å². The summed E-state index contributed by atoms with van der Waals surface area (Å²) in [5.41, 5.74) is 4.52. The summed E-state index contributed by atoms with van der Waals surface area (Å²) >= 11 is 17.7. The lowest BCUT2D eigenvalue weighted by molar-refractivity contribution is -0.123. The number of nitrogens with zero attached hydrogens (tertiary/aromatic N) is 1. The van der Waals surface area contributed by atoms with Gasteiger partial charge in [0.1, 0.15) is 5.75 Å². The van der Waals surface area contributed by atoms with Gasteiger partial charge in [-0.1, -0.05) is 72.9 Å². The summed E-state index contributed by atoms with van der Waals surface area (Å²) in [4.78, 5) is 11.8. The Morgan fingerprint density at radius 3 is 2.40 bits per heavy atom. The Hall–Kier alpha value is -1.75. The summed E-state index contributed by atoms with van der Waals surface area (Å²) < 4.78 is 5.32. The molecule has 0 radical (unpaired) electrons. The van der Waals surface area contributed by atoms with Crippen molar-refractivity contribution in [2.75, 3.05) is 6.61 Å². The number of hydrogen-bond donors (Lipinski definition) is 1. The highest BCUT2D eigenvalue weighted by atomic mass is 35.5. The van der Waals surface area contributed by atoms with Crippen LogP contribution in [-0.2, 0) is 4.79 Å². The quantitative estimate of drug-likeness (QED) is 0.407. The van der Waals surface area contributed by atoms with Crippen LogP contribution < -0.4 is 10.2 Å². The molecule has 0 aliphatic heterocycles. The van der Waals surface area contributed by atoms with E-state index in [0.29, 0.717) is 16.0 Å². The molecule has 2 aromatic rings. The van der Waals surface area contributed by atoms with Crippen molar-refractivity contribution in [3.63, 3.8) is 0 Å². The second-order valence-corrected chi connectivity index (χ2v) is 6.82. The summed E-state index contributed by atoms with van der Waals surface area (Å²) in [7, 11) is 0. The molecule has 0 saturated heterocycles. The molecule has 0 unspecified atom stereocenters. The average Bonchev–Trinajstić information content (AvgIpc) is 2.57. The third-order valence-electron chi connectivity index (χ3n) is 3.34. The van der Waals surface area contributed by atoms with E-state index in [0.717, 1.165) is 5.56 Å². The van der Waals surface area contributed by atoms with Crippen LogP contribution >= 0.6 is 34.8 Å². The van der Waals surface area contributed by atoms with Crippen molar-refractivity contribution in [3.05, 3.63) is 62.6 Å². The fourth-order valence-electron chi connectivity index (χ4n) is 1.94. The van der Waals surface area contributed by atoms with E-state index in [-0.39, 0.29) is 17.4 Å². The highest BCUT2D eigenvalue weighted by molar-refractivity contribution is 6.43. The molecule has 2 aromatic carbocycles. The fraction of sp³-hybridized carbons (Fsp3) is 0.222. The number of ether oxygens (including phenoxy) is 1. The molecule has 0 aromatic heterocycles. The maximum atomic E-state index is 11.8.